The van der Waals surface area contributed by atoms with Crippen molar-refractivity contribution in [2.24, 2.45) is 0 Å². The molecule has 0 radical (unpaired) electrons. The molecule has 2 atom stereocenters. The number of ether oxygens (including phenoxy) is 1. The summed E-state index contributed by atoms with van der Waals surface area (Å²) >= 11 is 0. The molecule has 7 nitrogen and oxygen atoms in total. The third-order valence-corrected chi connectivity index (χ3v) is 5.80. The predicted octanol–water partition coefficient (Wildman–Crippen LogP) is 4.05. The molecule has 176 valence electrons. The summed E-state index contributed by atoms with van der Waals surface area (Å²) in [6.45, 7) is 1.18. The van der Waals surface area contributed by atoms with Crippen LogP contribution in [0.5, 0.6) is 5.75 Å². The summed E-state index contributed by atoms with van der Waals surface area (Å²) < 4.78 is 5.78. The van der Waals surface area contributed by atoms with Gasteiger partial charge in [0.2, 0.25) is 0 Å². The van der Waals surface area contributed by atoms with Gasteiger partial charge in [0.1, 0.15) is 12.4 Å². The SMILES string of the molecule is O=C(N[C@@H]1CN(C(=O)Nc2ccccc2)CCC[C@H]1O)c1ccc(OCc2ccccc2)cc1. The molecule has 0 aliphatic carbocycles. The van der Waals surface area contributed by atoms with Crippen molar-refractivity contribution in [3.05, 3.63) is 96.1 Å². The second-order valence-corrected chi connectivity index (χ2v) is 8.33. The Kier molecular flexibility index (Phi) is 7.78. The van der Waals surface area contributed by atoms with Gasteiger partial charge >= 0.3 is 6.03 Å². The number of aliphatic hydroxyl groups excluding tert-OH is 1. The molecular formula is C27H29N3O4. The monoisotopic (exact) mass is 459 g/mol. The Labute approximate surface area is 199 Å². The molecule has 1 aliphatic heterocycles. The van der Waals surface area contributed by atoms with E-state index in [1.165, 1.54) is 0 Å². The molecule has 0 bridgehead atoms. The van der Waals surface area contributed by atoms with Crippen LogP contribution in [0.4, 0.5) is 10.5 Å². The normalized spacial score (nSPS) is 18.0. The van der Waals surface area contributed by atoms with Crippen molar-refractivity contribution in [3.63, 3.8) is 0 Å². The summed E-state index contributed by atoms with van der Waals surface area (Å²) in [5, 5.41) is 16.3. The molecule has 0 saturated carbocycles. The zero-order valence-electron chi connectivity index (χ0n) is 18.9. The highest BCUT2D eigenvalue weighted by Gasteiger charge is 2.29. The molecule has 3 aromatic carbocycles. The minimum atomic E-state index is -0.730. The minimum absolute atomic E-state index is 0.226. The number of hydrogen-bond donors (Lipinski definition) is 3. The lowest BCUT2D eigenvalue weighted by Gasteiger charge is -2.27. The molecule has 7 heteroatoms. The fourth-order valence-electron chi connectivity index (χ4n) is 3.89. The number of urea groups is 1. The summed E-state index contributed by atoms with van der Waals surface area (Å²) in [6.07, 6.45) is 0.433. The number of carbonyl (C=O) groups is 2. The molecule has 34 heavy (non-hydrogen) atoms. The smallest absolute Gasteiger partial charge is 0.321 e. The zero-order valence-corrected chi connectivity index (χ0v) is 18.9. The largest absolute Gasteiger partial charge is 0.489 e. The van der Waals surface area contributed by atoms with Crippen molar-refractivity contribution in [2.45, 2.75) is 31.6 Å². The van der Waals surface area contributed by atoms with Gasteiger partial charge in [-0.05, 0) is 54.8 Å². The van der Waals surface area contributed by atoms with Gasteiger partial charge in [0, 0.05) is 24.3 Å². The highest BCUT2D eigenvalue weighted by Crippen LogP contribution is 2.17. The van der Waals surface area contributed by atoms with Gasteiger partial charge in [-0.3, -0.25) is 4.79 Å². The molecule has 0 unspecified atom stereocenters. The number of carbonyl (C=O) groups excluding carboxylic acids is 2. The number of aliphatic hydroxyl groups is 1. The van der Waals surface area contributed by atoms with Crippen LogP contribution < -0.4 is 15.4 Å². The van der Waals surface area contributed by atoms with E-state index in [2.05, 4.69) is 10.6 Å². The van der Waals surface area contributed by atoms with Crippen molar-refractivity contribution in [2.75, 3.05) is 18.4 Å². The van der Waals surface area contributed by atoms with Gasteiger partial charge < -0.3 is 25.4 Å². The van der Waals surface area contributed by atoms with Gasteiger partial charge in [0.15, 0.2) is 0 Å². The van der Waals surface area contributed by atoms with Crippen molar-refractivity contribution in [3.8, 4) is 5.75 Å². The Bertz CT molecular complexity index is 1070. The van der Waals surface area contributed by atoms with Gasteiger partial charge in [0.05, 0.1) is 12.1 Å². The number of amides is 3. The summed E-state index contributed by atoms with van der Waals surface area (Å²) in [4.78, 5) is 27.2. The van der Waals surface area contributed by atoms with Gasteiger partial charge in [-0.2, -0.15) is 0 Å². The van der Waals surface area contributed by atoms with E-state index < -0.39 is 12.1 Å². The number of hydrogen-bond acceptors (Lipinski definition) is 4. The van der Waals surface area contributed by atoms with Crippen LogP contribution in [0.1, 0.15) is 28.8 Å². The van der Waals surface area contributed by atoms with E-state index in [4.69, 9.17) is 4.74 Å². The molecule has 1 heterocycles. The van der Waals surface area contributed by atoms with Crippen LogP contribution >= 0.6 is 0 Å². The fraction of sp³-hybridized carbons (Fsp3) is 0.259. The van der Waals surface area contributed by atoms with E-state index in [0.717, 1.165) is 5.56 Å². The Morgan fingerprint density at radius 2 is 1.62 bits per heavy atom. The molecule has 3 aromatic rings. The fourth-order valence-corrected chi connectivity index (χ4v) is 3.89. The number of likely N-dealkylation sites (tertiary alicyclic amines) is 1. The van der Waals surface area contributed by atoms with E-state index in [-0.39, 0.29) is 18.5 Å². The Balaban J connectivity index is 1.34. The minimum Gasteiger partial charge on any atom is -0.489 e. The van der Waals surface area contributed by atoms with E-state index in [1.807, 2.05) is 60.7 Å². The molecule has 3 N–H and O–H groups in total. The maximum absolute atomic E-state index is 12.8. The van der Waals surface area contributed by atoms with Crippen molar-refractivity contribution in [1.82, 2.24) is 10.2 Å². The molecular weight excluding hydrogens is 430 g/mol. The van der Waals surface area contributed by atoms with Gasteiger partial charge in [-0.25, -0.2) is 4.79 Å². The third kappa shape index (κ3) is 6.36. The lowest BCUT2D eigenvalue weighted by atomic mass is 10.1. The standard InChI is InChI=1S/C27H29N3O4/c31-25-12-7-17-30(27(33)28-22-10-5-2-6-11-22)18-24(25)29-26(32)21-13-15-23(16-14-21)34-19-20-8-3-1-4-9-20/h1-6,8-11,13-16,24-25,31H,7,12,17-19H2,(H,28,33)(H,29,32)/t24-,25-/m1/s1. The number of nitrogens with one attached hydrogen (secondary N) is 2. The summed E-state index contributed by atoms with van der Waals surface area (Å²) in [6, 6.07) is 25.1. The second kappa shape index (κ2) is 11.3. The first-order chi connectivity index (χ1) is 16.6. The topological polar surface area (TPSA) is 90.9 Å². The van der Waals surface area contributed by atoms with Gasteiger partial charge in [-0.1, -0.05) is 48.5 Å². The highest BCUT2D eigenvalue weighted by atomic mass is 16.5. The van der Waals surface area contributed by atoms with Crippen LogP contribution in [-0.4, -0.2) is 47.2 Å². The van der Waals surface area contributed by atoms with E-state index >= 15 is 0 Å². The quantitative estimate of drug-likeness (QED) is 0.519. The number of para-hydroxylation sites is 1. The second-order valence-electron chi connectivity index (χ2n) is 8.33. The highest BCUT2D eigenvalue weighted by molar-refractivity contribution is 5.94. The Morgan fingerprint density at radius 1 is 0.941 bits per heavy atom. The average molecular weight is 460 g/mol. The summed E-state index contributed by atoms with van der Waals surface area (Å²) in [7, 11) is 0. The van der Waals surface area contributed by atoms with Crippen molar-refractivity contribution in [1.29, 1.82) is 0 Å². The number of anilines is 1. The van der Waals surface area contributed by atoms with Crippen molar-refractivity contribution >= 4 is 17.6 Å². The lowest BCUT2D eigenvalue weighted by Crippen LogP contribution is -2.50. The average Bonchev–Trinajstić information content (AvgIpc) is 3.05. The number of benzene rings is 3. The number of nitrogens with zero attached hydrogens (tertiary/aromatic N) is 1. The predicted molar refractivity (Wildman–Crippen MR) is 131 cm³/mol. The van der Waals surface area contributed by atoms with Gasteiger partial charge in [0.25, 0.3) is 5.91 Å². The molecule has 0 spiro atoms. The lowest BCUT2D eigenvalue weighted by molar-refractivity contribution is 0.0811. The molecule has 1 saturated heterocycles. The van der Waals surface area contributed by atoms with Crippen molar-refractivity contribution < 1.29 is 19.4 Å². The molecule has 4 rings (SSSR count). The molecule has 1 aliphatic rings. The summed E-state index contributed by atoms with van der Waals surface area (Å²) in [5.74, 6) is 0.364. The van der Waals surface area contributed by atoms with E-state index in [1.54, 1.807) is 29.2 Å². The van der Waals surface area contributed by atoms with Crippen LogP contribution in [0.2, 0.25) is 0 Å². The van der Waals surface area contributed by atoms with E-state index in [9.17, 15) is 14.7 Å². The van der Waals surface area contributed by atoms with Crippen LogP contribution in [-0.2, 0) is 6.61 Å². The Hall–Kier alpha value is -3.84. The van der Waals surface area contributed by atoms with Gasteiger partial charge in [-0.15, -0.1) is 0 Å². The molecule has 3 amide bonds. The third-order valence-electron chi connectivity index (χ3n) is 5.80. The Morgan fingerprint density at radius 3 is 2.32 bits per heavy atom. The maximum Gasteiger partial charge on any atom is 0.321 e. The maximum atomic E-state index is 12.8. The molecule has 0 aromatic heterocycles. The van der Waals surface area contributed by atoms with Crippen LogP contribution in [0.3, 0.4) is 0 Å². The van der Waals surface area contributed by atoms with E-state index in [0.29, 0.717) is 43.0 Å². The zero-order chi connectivity index (χ0) is 23.8. The summed E-state index contributed by atoms with van der Waals surface area (Å²) in [5.41, 5.74) is 2.23. The number of rotatable bonds is 6. The van der Waals surface area contributed by atoms with Crippen LogP contribution in [0, 0.1) is 0 Å². The first kappa shape index (κ1) is 23.3. The first-order valence-corrected chi connectivity index (χ1v) is 11.5. The van der Waals surface area contributed by atoms with Crippen LogP contribution in [0.25, 0.3) is 0 Å². The first-order valence-electron chi connectivity index (χ1n) is 11.5. The molecule has 1 fully saturated rings. The van der Waals surface area contributed by atoms with Crippen LogP contribution in [0.15, 0.2) is 84.9 Å².